The number of carbonyl (C=O) groups is 1. The fourth-order valence-electron chi connectivity index (χ4n) is 3.17. The average Bonchev–Trinajstić information content (AvgIpc) is 3.15. The van der Waals surface area contributed by atoms with E-state index in [2.05, 4.69) is 4.72 Å². The van der Waals surface area contributed by atoms with Crippen molar-refractivity contribution >= 4 is 27.5 Å². The van der Waals surface area contributed by atoms with Gasteiger partial charge in [-0.05, 0) is 37.8 Å². The molecule has 0 atom stereocenters. The van der Waals surface area contributed by atoms with Gasteiger partial charge in [0.1, 0.15) is 16.2 Å². The molecule has 8 heteroatoms. The van der Waals surface area contributed by atoms with Crippen molar-refractivity contribution < 1.29 is 22.7 Å². The van der Waals surface area contributed by atoms with E-state index in [-0.39, 0.29) is 10.6 Å². The Kier molecular flexibility index (Phi) is 4.29. The van der Waals surface area contributed by atoms with Crippen molar-refractivity contribution in [1.82, 2.24) is 4.72 Å². The molecular formula is C15H18ClNO5S. The van der Waals surface area contributed by atoms with Crippen LogP contribution in [-0.4, -0.2) is 33.6 Å². The van der Waals surface area contributed by atoms with Crippen molar-refractivity contribution in [1.29, 1.82) is 0 Å². The zero-order valence-corrected chi connectivity index (χ0v) is 14.3. The van der Waals surface area contributed by atoms with Crippen LogP contribution in [0.15, 0.2) is 17.0 Å². The minimum Gasteiger partial charge on any atom is -0.492 e. The molecule has 1 heterocycles. The van der Waals surface area contributed by atoms with Gasteiger partial charge in [-0.3, -0.25) is 4.79 Å². The molecule has 1 aromatic carbocycles. The van der Waals surface area contributed by atoms with E-state index in [1.165, 1.54) is 13.2 Å². The summed E-state index contributed by atoms with van der Waals surface area (Å²) in [6, 6.07) is 2.98. The highest BCUT2D eigenvalue weighted by Gasteiger charge is 2.43. The second-order valence-corrected chi connectivity index (χ2v) is 7.92. The highest BCUT2D eigenvalue weighted by atomic mass is 35.5. The molecule has 1 saturated carbocycles. The summed E-state index contributed by atoms with van der Waals surface area (Å²) in [6.45, 7) is 0.397. The predicted octanol–water partition coefficient (Wildman–Crippen LogP) is 2.04. The number of ether oxygens (including phenoxy) is 2. The van der Waals surface area contributed by atoms with Crippen LogP contribution in [0.3, 0.4) is 0 Å². The lowest BCUT2D eigenvalue weighted by molar-refractivity contribution is -0.140. The Balaban J connectivity index is 1.93. The first kappa shape index (κ1) is 16.5. The van der Waals surface area contributed by atoms with Gasteiger partial charge in [0.25, 0.3) is 15.9 Å². The Labute approximate surface area is 140 Å². The van der Waals surface area contributed by atoms with E-state index in [1.807, 2.05) is 0 Å². The standard InChI is InChI=1S/C15H18ClNO5S/c1-21-15(5-2-3-6-15)14(18)17-23(19,20)12-9-11(16)8-10-4-7-22-13(10)12/h8-9H,2-7H2,1H3,(H,17,18). The molecule has 6 nitrogen and oxygen atoms in total. The monoisotopic (exact) mass is 359 g/mol. The van der Waals surface area contributed by atoms with Gasteiger partial charge < -0.3 is 9.47 Å². The molecule has 0 bridgehead atoms. The van der Waals surface area contributed by atoms with Crippen LogP contribution in [-0.2, 0) is 26.0 Å². The van der Waals surface area contributed by atoms with Gasteiger partial charge in [0, 0.05) is 24.1 Å². The Morgan fingerprint density at radius 1 is 1.35 bits per heavy atom. The topological polar surface area (TPSA) is 81.7 Å². The fourth-order valence-corrected chi connectivity index (χ4v) is 4.74. The van der Waals surface area contributed by atoms with Crippen molar-refractivity contribution in [3.63, 3.8) is 0 Å². The van der Waals surface area contributed by atoms with E-state index in [0.717, 1.165) is 18.4 Å². The molecule has 2 aliphatic rings. The first-order chi connectivity index (χ1) is 10.9. The number of carbonyl (C=O) groups excluding carboxylic acids is 1. The molecule has 1 fully saturated rings. The molecule has 1 amide bonds. The number of halogens is 1. The third-order valence-corrected chi connectivity index (χ3v) is 6.00. The van der Waals surface area contributed by atoms with Crippen LogP contribution in [0, 0.1) is 0 Å². The molecule has 0 unspecified atom stereocenters. The first-order valence-electron chi connectivity index (χ1n) is 7.46. The van der Waals surface area contributed by atoms with E-state index < -0.39 is 21.5 Å². The summed E-state index contributed by atoms with van der Waals surface area (Å²) in [5.41, 5.74) is -0.344. The largest absolute Gasteiger partial charge is 0.492 e. The third-order valence-electron chi connectivity index (χ3n) is 4.45. The number of fused-ring (bicyclic) bond motifs is 1. The number of hydrogen-bond acceptors (Lipinski definition) is 5. The second kappa shape index (κ2) is 5.96. The van der Waals surface area contributed by atoms with E-state index in [4.69, 9.17) is 21.1 Å². The predicted molar refractivity (Wildman–Crippen MR) is 84.2 cm³/mol. The van der Waals surface area contributed by atoms with Gasteiger partial charge in [0.2, 0.25) is 0 Å². The maximum absolute atomic E-state index is 12.6. The number of methoxy groups -OCH3 is 1. The van der Waals surface area contributed by atoms with Gasteiger partial charge in [-0.15, -0.1) is 0 Å². The number of sulfonamides is 1. The van der Waals surface area contributed by atoms with Gasteiger partial charge in [0.05, 0.1) is 6.61 Å². The molecule has 0 aromatic heterocycles. The lowest BCUT2D eigenvalue weighted by Crippen LogP contribution is -2.48. The average molecular weight is 360 g/mol. The van der Waals surface area contributed by atoms with Gasteiger partial charge in [-0.25, -0.2) is 13.1 Å². The van der Waals surface area contributed by atoms with E-state index >= 15 is 0 Å². The third kappa shape index (κ3) is 2.93. The smallest absolute Gasteiger partial charge is 0.267 e. The number of nitrogens with one attached hydrogen (secondary N) is 1. The molecule has 1 aromatic rings. The molecule has 23 heavy (non-hydrogen) atoms. The summed E-state index contributed by atoms with van der Waals surface area (Å²) in [6.07, 6.45) is 3.27. The number of benzene rings is 1. The highest BCUT2D eigenvalue weighted by molar-refractivity contribution is 7.90. The summed E-state index contributed by atoms with van der Waals surface area (Å²) in [5.74, 6) is -0.364. The minimum absolute atomic E-state index is 0.102. The summed E-state index contributed by atoms with van der Waals surface area (Å²) >= 11 is 6.00. The van der Waals surface area contributed by atoms with Gasteiger partial charge in [-0.2, -0.15) is 0 Å². The number of hydrogen-bond donors (Lipinski definition) is 1. The van der Waals surface area contributed by atoms with Gasteiger partial charge >= 0.3 is 0 Å². The van der Waals surface area contributed by atoms with Crippen LogP contribution >= 0.6 is 11.6 Å². The van der Waals surface area contributed by atoms with Crippen LogP contribution in [0.4, 0.5) is 0 Å². The maximum Gasteiger partial charge on any atom is 0.267 e. The molecule has 1 aliphatic carbocycles. The molecule has 126 valence electrons. The molecule has 0 saturated heterocycles. The van der Waals surface area contributed by atoms with E-state index in [9.17, 15) is 13.2 Å². The van der Waals surface area contributed by atoms with Crippen LogP contribution in [0.2, 0.25) is 5.02 Å². The number of amides is 1. The minimum atomic E-state index is -4.08. The van der Waals surface area contributed by atoms with Crippen molar-refractivity contribution in [2.75, 3.05) is 13.7 Å². The molecule has 1 aliphatic heterocycles. The second-order valence-electron chi connectivity index (χ2n) is 5.83. The van der Waals surface area contributed by atoms with Crippen molar-refractivity contribution in [3.05, 3.63) is 22.7 Å². The SMILES string of the molecule is COC1(C(=O)NS(=O)(=O)c2cc(Cl)cc3c2OCC3)CCCC1. The molecule has 0 spiro atoms. The van der Waals surface area contributed by atoms with Crippen LogP contribution in [0.5, 0.6) is 5.75 Å². The number of rotatable bonds is 4. The Morgan fingerprint density at radius 3 is 2.70 bits per heavy atom. The van der Waals surface area contributed by atoms with E-state index in [1.54, 1.807) is 6.07 Å². The summed E-state index contributed by atoms with van der Waals surface area (Å²) in [7, 11) is -2.65. The fraction of sp³-hybridized carbons (Fsp3) is 0.533. The molecular weight excluding hydrogens is 342 g/mol. The zero-order valence-electron chi connectivity index (χ0n) is 12.7. The summed E-state index contributed by atoms with van der Waals surface area (Å²) < 4.78 is 38.2. The van der Waals surface area contributed by atoms with Gasteiger partial charge in [0.15, 0.2) is 0 Å². The first-order valence-corrected chi connectivity index (χ1v) is 9.32. The summed E-state index contributed by atoms with van der Waals surface area (Å²) in [4.78, 5) is 12.4. The van der Waals surface area contributed by atoms with E-state index in [0.29, 0.717) is 30.9 Å². The van der Waals surface area contributed by atoms with Crippen LogP contribution < -0.4 is 9.46 Å². The Morgan fingerprint density at radius 2 is 2.04 bits per heavy atom. The molecule has 1 N–H and O–H groups in total. The lowest BCUT2D eigenvalue weighted by atomic mass is 10.0. The Hall–Kier alpha value is -1.31. The molecule has 0 radical (unpaired) electrons. The normalized spacial score (nSPS) is 19.2. The highest BCUT2D eigenvalue weighted by Crippen LogP contribution is 2.37. The zero-order chi connectivity index (χ0) is 16.7. The molecule has 3 rings (SSSR count). The maximum atomic E-state index is 12.6. The lowest BCUT2D eigenvalue weighted by Gasteiger charge is -2.25. The van der Waals surface area contributed by atoms with Gasteiger partial charge in [-0.1, -0.05) is 11.6 Å². The van der Waals surface area contributed by atoms with Crippen molar-refractivity contribution in [2.45, 2.75) is 42.6 Å². The van der Waals surface area contributed by atoms with Crippen LogP contribution in [0.25, 0.3) is 0 Å². The quantitative estimate of drug-likeness (QED) is 0.889. The summed E-state index contributed by atoms with van der Waals surface area (Å²) in [5, 5.41) is 0.296. The van der Waals surface area contributed by atoms with Crippen molar-refractivity contribution in [2.24, 2.45) is 0 Å². The van der Waals surface area contributed by atoms with Crippen molar-refractivity contribution in [3.8, 4) is 5.75 Å². The van der Waals surface area contributed by atoms with Crippen LogP contribution in [0.1, 0.15) is 31.2 Å². The Bertz CT molecular complexity index is 740.